The van der Waals surface area contributed by atoms with E-state index in [2.05, 4.69) is 38.6 Å². The second kappa shape index (κ2) is 14.8. The van der Waals surface area contributed by atoms with Gasteiger partial charge in [0.05, 0.1) is 25.1 Å². The summed E-state index contributed by atoms with van der Waals surface area (Å²) in [5.41, 5.74) is 3.01. The van der Waals surface area contributed by atoms with Crippen LogP contribution in [0.4, 0.5) is 11.4 Å². The van der Waals surface area contributed by atoms with Crippen LogP contribution in [0.1, 0.15) is 47.2 Å². The number of rotatable bonds is 15. The van der Waals surface area contributed by atoms with Gasteiger partial charge < -0.3 is 24.6 Å². The summed E-state index contributed by atoms with van der Waals surface area (Å²) < 4.78 is 11.4. The van der Waals surface area contributed by atoms with Crippen molar-refractivity contribution in [2.24, 2.45) is 0 Å². The molecular formula is C31H39N5O4. The van der Waals surface area contributed by atoms with E-state index in [-0.39, 0.29) is 11.7 Å². The van der Waals surface area contributed by atoms with Crippen LogP contribution in [-0.2, 0) is 11.2 Å². The molecule has 0 aliphatic heterocycles. The number of ether oxygens (including phenoxy) is 2. The lowest BCUT2D eigenvalue weighted by molar-refractivity contribution is -0.111. The molecule has 212 valence electrons. The van der Waals surface area contributed by atoms with Crippen molar-refractivity contribution in [1.82, 2.24) is 14.9 Å². The zero-order chi connectivity index (χ0) is 29.1. The zero-order valence-corrected chi connectivity index (χ0v) is 24.1. The van der Waals surface area contributed by atoms with Gasteiger partial charge in [0.25, 0.3) is 0 Å². The number of unbranched alkanes of at least 4 members (excludes halogenated alkanes) is 1. The van der Waals surface area contributed by atoms with Crippen molar-refractivity contribution in [3.63, 3.8) is 0 Å². The quantitative estimate of drug-likeness (QED) is 0.168. The van der Waals surface area contributed by atoms with Gasteiger partial charge >= 0.3 is 0 Å². The molecule has 9 heteroatoms. The van der Waals surface area contributed by atoms with Gasteiger partial charge in [0.1, 0.15) is 23.0 Å². The summed E-state index contributed by atoms with van der Waals surface area (Å²) in [6.45, 7) is 7.90. The maximum Gasteiger partial charge on any atom is 0.247 e. The third-order valence-electron chi connectivity index (χ3n) is 6.31. The third-order valence-corrected chi connectivity index (χ3v) is 6.31. The van der Waals surface area contributed by atoms with Gasteiger partial charge in [-0.05, 0) is 63.0 Å². The Bertz CT molecular complexity index is 1310. The Morgan fingerprint density at radius 1 is 1.07 bits per heavy atom. The first-order valence-electron chi connectivity index (χ1n) is 13.3. The molecule has 9 nitrogen and oxygen atoms in total. The number of nitrogens with zero attached hydrogens (tertiary/aromatic N) is 4. The summed E-state index contributed by atoms with van der Waals surface area (Å²) in [5.74, 6) is 1.30. The highest BCUT2D eigenvalue weighted by atomic mass is 16.5. The molecule has 0 spiro atoms. The second-order valence-corrected chi connectivity index (χ2v) is 9.69. The smallest absolute Gasteiger partial charge is 0.247 e. The Morgan fingerprint density at radius 3 is 2.48 bits per heavy atom. The molecule has 0 saturated heterocycles. The first-order valence-corrected chi connectivity index (χ1v) is 13.3. The molecular weight excluding hydrogens is 506 g/mol. The fourth-order valence-electron chi connectivity index (χ4n) is 3.98. The molecule has 0 atom stereocenters. The first kappa shape index (κ1) is 30.3. The van der Waals surface area contributed by atoms with Crippen LogP contribution in [0.5, 0.6) is 11.5 Å². The topological polar surface area (TPSA) is 96.9 Å². The predicted octanol–water partition coefficient (Wildman–Crippen LogP) is 4.61. The minimum absolute atomic E-state index is 0.201. The molecule has 0 aliphatic carbocycles. The van der Waals surface area contributed by atoms with Crippen LogP contribution in [0.2, 0.25) is 0 Å². The van der Waals surface area contributed by atoms with Gasteiger partial charge in [-0.15, -0.1) is 0 Å². The minimum atomic E-state index is -0.316. The van der Waals surface area contributed by atoms with Crippen LogP contribution in [0, 0.1) is 0 Å². The molecule has 0 unspecified atom stereocenters. The highest BCUT2D eigenvalue weighted by Crippen LogP contribution is 2.34. The van der Waals surface area contributed by atoms with Crippen LogP contribution in [-0.4, -0.2) is 74.5 Å². The standard InChI is InChI=1S/C31H39N5O4/c1-7-9-18-40-24-12-10-22(11-13-24)31(38)25-14-15-32-29(33-25)20-23-19-26(34-30(37)8-2)27(21-28(23)39-6)36(5)17-16-35(3)4/h8,10-15,19,21H,2,7,9,16-18,20H2,1,3-6H3,(H,34,37). The van der Waals surface area contributed by atoms with E-state index in [1.165, 1.54) is 6.08 Å². The molecule has 2 aromatic carbocycles. The summed E-state index contributed by atoms with van der Waals surface area (Å²) in [6, 6.07) is 12.4. The van der Waals surface area contributed by atoms with E-state index in [0.717, 1.165) is 42.9 Å². The Balaban J connectivity index is 1.86. The van der Waals surface area contributed by atoms with Gasteiger partial charge in [-0.25, -0.2) is 9.97 Å². The molecule has 0 saturated carbocycles. The molecule has 1 heterocycles. The fourth-order valence-corrected chi connectivity index (χ4v) is 3.98. The van der Waals surface area contributed by atoms with Gasteiger partial charge in [-0.2, -0.15) is 0 Å². The van der Waals surface area contributed by atoms with E-state index < -0.39 is 0 Å². The molecule has 1 N–H and O–H groups in total. The maximum atomic E-state index is 13.2. The van der Waals surface area contributed by atoms with Crippen molar-refractivity contribution in [3.05, 3.63) is 84.0 Å². The normalized spacial score (nSPS) is 10.8. The molecule has 0 bridgehead atoms. The van der Waals surface area contributed by atoms with Crippen molar-refractivity contribution in [2.45, 2.75) is 26.2 Å². The van der Waals surface area contributed by atoms with Crippen molar-refractivity contribution >= 4 is 23.1 Å². The van der Waals surface area contributed by atoms with E-state index in [1.54, 1.807) is 43.6 Å². The van der Waals surface area contributed by atoms with Gasteiger partial charge in [0.15, 0.2) is 0 Å². The zero-order valence-electron chi connectivity index (χ0n) is 24.1. The SMILES string of the molecule is C=CC(=O)Nc1cc(Cc2nccc(C(=O)c3ccc(OCCCC)cc3)n2)c(OC)cc1N(C)CCN(C)C. The number of methoxy groups -OCH3 is 1. The number of likely N-dealkylation sites (N-methyl/N-ethyl adjacent to an activating group) is 2. The van der Waals surface area contributed by atoms with Crippen LogP contribution >= 0.6 is 0 Å². The summed E-state index contributed by atoms with van der Waals surface area (Å²) in [6.07, 6.45) is 5.14. The number of anilines is 2. The average Bonchev–Trinajstić information content (AvgIpc) is 2.96. The first-order chi connectivity index (χ1) is 19.2. The molecule has 0 fully saturated rings. The number of aromatic nitrogens is 2. The number of ketones is 1. The van der Waals surface area contributed by atoms with Crippen LogP contribution in [0.3, 0.4) is 0 Å². The monoisotopic (exact) mass is 545 g/mol. The van der Waals surface area contributed by atoms with Crippen molar-refractivity contribution in [1.29, 1.82) is 0 Å². The van der Waals surface area contributed by atoms with Crippen molar-refractivity contribution < 1.29 is 19.1 Å². The predicted molar refractivity (Wildman–Crippen MR) is 159 cm³/mol. The number of hydrogen-bond acceptors (Lipinski definition) is 8. The molecule has 40 heavy (non-hydrogen) atoms. The highest BCUT2D eigenvalue weighted by Gasteiger charge is 2.18. The number of benzene rings is 2. The number of carbonyl (C=O) groups excluding carboxylic acids is 2. The Morgan fingerprint density at radius 2 is 1.82 bits per heavy atom. The Hall–Kier alpha value is -4.24. The second-order valence-electron chi connectivity index (χ2n) is 9.69. The van der Waals surface area contributed by atoms with E-state index in [0.29, 0.717) is 41.5 Å². The van der Waals surface area contributed by atoms with Gasteiger partial charge in [0, 0.05) is 49.9 Å². The lowest BCUT2D eigenvalue weighted by Gasteiger charge is -2.25. The van der Waals surface area contributed by atoms with E-state index in [1.807, 2.05) is 33.3 Å². The minimum Gasteiger partial charge on any atom is -0.496 e. The lowest BCUT2D eigenvalue weighted by atomic mass is 10.1. The Labute approximate surface area is 236 Å². The largest absolute Gasteiger partial charge is 0.496 e. The number of carbonyl (C=O) groups is 2. The van der Waals surface area contributed by atoms with Crippen molar-refractivity contribution in [3.8, 4) is 11.5 Å². The number of nitrogens with one attached hydrogen (secondary N) is 1. The summed E-state index contributed by atoms with van der Waals surface area (Å²) in [4.78, 5) is 38.5. The molecule has 0 radical (unpaired) electrons. The van der Waals surface area contributed by atoms with Gasteiger partial charge in [-0.1, -0.05) is 19.9 Å². The van der Waals surface area contributed by atoms with Gasteiger partial charge in [-0.3, -0.25) is 9.59 Å². The van der Waals surface area contributed by atoms with Crippen molar-refractivity contribution in [2.75, 3.05) is 58.2 Å². The molecule has 0 aliphatic rings. The van der Waals surface area contributed by atoms with Crippen LogP contribution in [0.15, 0.2) is 61.3 Å². The Kier molecular flexibility index (Phi) is 11.2. The van der Waals surface area contributed by atoms with Crippen LogP contribution in [0.25, 0.3) is 0 Å². The van der Waals surface area contributed by atoms with E-state index >= 15 is 0 Å². The molecule has 1 amide bonds. The molecule has 3 rings (SSSR count). The van der Waals surface area contributed by atoms with Crippen LogP contribution < -0.4 is 19.7 Å². The third kappa shape index (κ3) is 8.38. The summed E-state index contributed by atoms with van der Waals surface area (Å²) in [5, 5.41) is 2.90. The number of hydrogen-bond donors (Lipinski definition) is 1. The van der Waals surface area contributed by atoms with Gasteiger partial charge in [0.2, 0.25) is 11.7 Å². The van der Waals surface area contributed by atoms with E-state index in [9.17, 15) is 9.59 Å². The lowest BCUT2D eigenvalue weighted by Crippen LogP contribution is -2.29. The van der Waals surface area contributed by atoms with E-state index in [4.69, 9.17) is 9.47 Å². The number of amides is 1. The maximum absolute atomic E-state index is 13.2. The molecule has 3 aromatic rings. The fraction of sp³-hybridized carbons (Fsp3) is 0.355. The highest BCUT2D eigenvalue weighted by molar-refractivity contribution is 6.07. The molecule has 1 aromatic heterocycles. The summed E-state index contributed by atoms with van der Waals surface area (Å²) in [7, 11) is 7.58. The summed E-state index contributed by atoms with van der Waals surface area (Å²) >= 11 is 0. The average molecular weight is 546 g/mol.